The molecule has 2 heterocycles. The number of aryl methyl sites for hydroxylation is 1. The van der Waals surface area contributed by atoms with E-state index in [0.717, 1.165) is 35.2 Å². The lowest BCUT2D eigenvalue weighted by molar-refractivity contribution is 0.767. The molecule has 0 aliphatic heterocycles. The van der Waals surface area contributed by atoms with Crippen LogP contribution in [0.3, 0.4) is 0 Å². The number of rotatable bonds is 4. The number of nitrogens with one attached hydrogen (secondary N) is 1. The van der Waals surface area contributed by atoms with E-state index >= 15 is 0 Å². The van der Waals surface area contributed by atoms with E-state index in [1.54, 1.807) is 6.20 Å². The van der Waals surface area contributed by atoms with Gasteiger partial charge in [-0.2, -0.15) is 5.10 Å². The number of anilines is 2. The largest absolute Gasteiger partial charge is 0.398 e. The van der Waals surface area contributed by atoms with Crippen LogP contribution in [0.25, 0.3) is 10.9 Å². The molecule has 2 aromatic heterocycles. The number of fused-ring (bicyclic) bond motifs is 1. The van der Waals surface area contributed by atoms with Crippen molar-refractivity contribution in [2.75, 3.05) is 17.6 Å². The summed E-state index contributed by atoms with van der Waals surface area (Å²) in [6.07, 6.45) is 6.63. The minimum absolute atomic E-state index is 0.755. The van der Waals surface area contributed by atoms with E-state index in [0.29, 0.717) is 0 Å². The molecule has 1 aromatic carbocycles. The molecule has 0 fully saturated rings. The maximum absolute atomic E-state index is 5.97. The van der Waals surface area contributed by atoms with Crippen LogP contribution >= 0.6 is 0 Å². The number of hydrogen-bond acceptors (Lipinski definition) is 4. The number of nitrogens with zero attached hydrogens (tertiary/aromatic N) is 3. The zero-order valence-electron chi connectivity index (χ0n) is 11.4. The van der Waals surface area contributed by atoms with Gasteiger partial charge in [-0.25, -0.2) is 0 Å². The Morgan fingerprint density at radius 2 is 2.20 bits per heavy atom. The molecular weight excluding hydrogens is 250 g/mol. The van der Waals surface area contributed by atoms with Gasteiger partial charge in [0.05, 0.1) is 17.4 Å². The summed E-state index contributed by atoms with van der Waals surface area (Å²) in [5.41, 5.74) is 9.87. The van der Waals surface area contributed by atoms with E-state index in [1.807, 2.05) is 48.4 Å². The summed E-state index contributed by atoms with van der Waals surface area (Å²) in [5, 5.41) is 8.57. The second-order valence-electron chi connectivity index (χ2n) is 4.80. The fraction of sp³-hybridized carbons (Fsp3) is 0.200. The summed E-state index contributed by atoms with van der Waals surface area (Å²) < 4.78 is 1.81. The first kappa shape index (κ1) is 12.5. The number of pyridine rings is 1. The average molecular weight is 267 g/mol. The SMILES string of the molecule is Cn1cc(CCNc2ccc(N)c3cccnc23)cn1. The monoisotopic (exact) mass is 267 g/mol. The van der Waals surface area contributed by atoms with Crippen LogP contribution in [0.1, 0.15) is 5.56 Å². The van der Waals surface area contributed by atoms with Gasteiger partial charge in [0, 0.05) is 37.1 Å². The van der Waals surface area contributed by atoms with E-state index in [2.05, 4.69) is 15.4 Å². The average Bonchev–Trinajstić information content (AvgIpc) is 2.87. The van der Waals surface area contributed by atoms with Crippen molar-refractivity contribution >= 4 is 22.3 Å². The molecule has 3 rings (SSSR count). The zero-order chi connectivity index (χ0) is 13.9. The van der Waals surface area contributed by atoms with Crippen molar-refractivity contribution in [2.24, 2.45) is 7.05 Å². The zero-order valence-corrected chi connectivity index (χ0v) is 11.4. The van der Waals surface area contributed by atoms with E-state index in [9.17, 15) is 0 Å². The molecule has 0 unspecified atom stereocenters. The normalized spacial score (nSPS) is 10.8. The Labute approximate surface area is 117 Å². The Morgan fingerprint density at radius 1 is 1.30 bits per heavy atom. The van der Waals surface area contributed by atoms with Crippen molar-refractivity contribution in [3.8, 4) is 0 Å². The molecular formula is C15H17N5. The molecule has 102 valence electrons. The van der Waals surface area contributed by atoms with Gasteiger partial charge in [-0.15, -0.1) is 0 Å². The molecule has 3 N–H and O–H groups in total. The molecule has 0 radical (unpaired) electrons. The van der Waals surface area contributed by atoms with Crippen LogP contribution in [0.15, 0.2) is 42.9 Å². The molecule has 5 heteroatoms. The van der Waals surface area contributed by atoms with Gasteiger partial charge in [0.25, 0.3) is 0 Å². The molecule has 0 aliphatic rings. The number of nitrogens with two attached hydrogens (primary N) is 1. The quantitative estimate of drug-likeness (QED) is 0.711. The summed E-state index contributed by atoms with van der Waals surface area (Å²) in [6, 6.07) is 7.78. The lowest BCUT2D eigenvalue weighted by atomic mass is 10.1. The third kappa shape index (κ3) is 2.42. The molecule has 0 atom stereocenters. The third-order valence-corrected chi connectivity index (χ3v) is 3.29. The minimum Gasteiger partial charge on any atom is -0.398 e. The Bertz CT molecular complexity index is 732. The fourth-order valence-corrected chi connectivity index (χ4v) is 2.28. The lowest BCUT2D eigenvalue weighted by Gasteiger charge is -2.10. The van der Waals surface area contributed by atoms with Gasteiger partial charge in [0.15, 0.2) is 0 Å². The molecule has 20 heavy (non-hydrogen) atoms. The van der Waals surface area contributed by atoms with Crippen molar-refractivity contribution in [1.29, 1.82) is 0 Å². The summed E-state index contributed by atoms with van der Waals surface area (Å²) in [5.74, 6) is 0. The smallest absolute Gasteiger partial charge is 0.0953 e. The van der Waals surface area contributed by atoms with Crippen LogP contribution in [0.4, 0.5) is 11.4 Å². The molecule has 0 aliphatic carbocycles. The summed E-state index contributed by atoms with van der Waals surface area (Å²) in [6.45, 7) is 0.835. The van der Waals surface area contributed by atoms with Gasteiger partial charge in [-0.1, -0.05) is 0 Å². The number of hydrogen-bond donors (Lipinski definition) is 2. The highest BCUT2D eigenvalue weighted by Crippen LogP contribution is 2.26. The van der Waals surface area contributed by atoms with Crippen LogP contribution < -0.4 is 11.1 Å². The molecule has 5 nitrogen and oxygen atoms in total. The molecule has 0 saturated heterocycles. The Hall–Kier alpha value is -2.56. The van der Waals surface area contributed by atoms with Crippen LogP contribution in [0.5, 0.6) is 0 Å². The van der Waals surface area contributed by atoms with Gasteiger partial charge in [0.2, 0.25) is 0 Å². The Balaban J connectivity index is 1.76. The van der Waals surface area contributed by atoms with Crippen molar-refractivity contribution in [1.82, 2.24) is 14.8 Å². The van der Waals surface area contributed by atoms with Gasteiger partial charge in [-0.05, 0) is 36.2 Å². The second-order valence-corrected chi connectivity index (χ2v) is 4.80. The van der Waals surface area contributed by atoms with Crippen molar-refractivity contribution < 1.29 is 0 Å². The number of aromatic nitrogens is 3. The predicted octanol–water partition coefficient (Wildman–Crippen LogP) is 2.21. The van der Waals surface area contributed by atoms with Gasteiger partial charge >= 0.3 is 0 Å². The Morgan fingerprint density at radius 3 is 3.00 bits per heavy atom. The van der Waals surface area contributed by atoms with Crippen LogP contribution in [0, 0.1) is 0 Å². The van der Waals surface area contributed by atoms with Crippen LogP contribution in [-0.2, 0) is 13.5 Å². The number of nitrogen functional groups attached to an aromatic ring is 1. The highest BCUT2D eigenvalue weighted by atomic mass is 15.2. The van der Waals surface area contributed by atoms with Crippen molar-refractivity contribution in [3.05, 3.63) is 48.4 Å². The predicted molar refractivity (Wildman–Crippen MR) is 81.6 cm³/mol. The first-order chi connectivity index (χ1) is 9.74. The topological polar surface area (TPSA) is 68.8 Å². The third-order valence-electron chi connectivity index (χ3n) is 3.29. The second kappa shape index (κ2) is 5.21. The van der Waals surface area contributed by atoms with E-state index < -0.39 is 0 Å². The number of benzene rings is 1. The van der Waals surface area contributed by atoms with Gasteiger partial charge in [-0.3, -0.25) is 9.67 Å². The molecule has 0 bridgehead atoms. The van der Waals surface area contributed by atoms with Crippen LogP contribution in [0.2, 0.25) is 0 Å². The highest BCUT2D eigenvalue weighted by Gasteiger charge is 2.04. The summed E-state index contributed by atoms with van der Waals surface area (Å²) in [4.78, 5) is 4.41. The van der Waals surface area contributed by atoms with Crippen LogP contribution in [-0.4, -0.2) is 21.3 Å². The van der Waals surface area contributed by atoms with Gasteiger partial charge < -0.3 is 11.1 Å². The first-order valence-electron chi connectivity index (χ1n) is 6.58. The van der Waals surface area contributed by atoms with E-state index in [4.69, 9.17) is 5.73 Å². The van der Waals surface area contributed by atoms with Gasteiger partial charge in [0.1, 0.15) is 0 Å². The standard InChI is InChI=1S/C15H17N5/c1-20-10-11(9-19-20)6-8-17-14-5-4-13(16)12-3-2-7-18-15(12)14/h2-5,7,9-10,17H,6,8,16H2,1H3. The van der Waals surface area contributed by atoms with Crippen molar-refractivity contribution in [2.45, 2.75) is 6.42 Å². The molecule has 0 amide bonds. The lowest BCUT2D eigenvalue weighted by Crippen LogP contribution is -2.05. The van der Waals surface area contributed by atoms with Crippen molar-refractivity contribution in [3.63, 3.8) is 0 Å². The van der Waals surface area contributed by atoms with E-state index in [-0.39, 0.29) is 0 Å². The minimum atomic E-state index is 0.755. The molecule has 0 saturated carbocycles. The molecule has 3 aromatic rings. The Kier molecular flexibility index (Phi) is 3.25. The summed E-state index contributed by atoms with van der Waals surface area (Å²) >= 11 is 0. The summed E-state index contributed by atoms with van der Waals surface area (Å²) in [7, 11) is 1.92. The highest BCUT2D eigenvalue weighted by molar-refractivity contribution is 5.98. The van der Waals surface area contributed by atoms with E-state index in [1.165, 1.54) is 5.56 Å². The maximum atomic E-state index is 5.97. The molecule has 0 spiro atoms. The maximum Gasteiger partial charge on any atom is 0.0953 e. The first-order valence-corrected chi connectivity index (χ1v) is 6.58. The fourth-order valence-electron chi connectivity index (χ4n) is 2.28.